The molecule has 0 spiro atoms. The summed E-state index contributed by atoms with van der Waals surface area (Å²) in [6, 6.07) is 5.33. The van der Waals surface area contributed by atoms with Crippen LogP contribution >= 0.6 is 11.6 Å². The lowest BCUT2D eigenvalue weighted by atomic mass is 10.0. The predicted octanol–water partition coefficient (Wildman–Crippen LogP) is 3.61. The van der Waals surface area contributed by atoms with Gasteiger partial charge in [-0.25, -0.2) is 4.79 Å². The fourth-order valence-corrected chi connectivity index (χ4v) is 4.67. The fraction of sp³-hybridized carbons (Fsp3) is 0.545. The van der Waals surface area contributed by atoms with Crippen molar-refractivity contribution in [1.29, 1.82) is 0 Å². The van der Waals surface area contributed by atoms with Gasteiger partial charge in [0.2, 0.25) is 0 Å². The number of rotatable bonds is 4. The molecule has 2 saturated heterocycles. The SMILES string of the molecule is Cc1cc(=O)oc2cc(OC(C)C(=O)N3CCC(N4CCCC4)CC3)c(Cl)cc12. The molecule has 1 aromatic carbocycles. The Kier molecular flexibility index (Phi) is 5.83. The molecule has 2 fully saturated rings. The molecule has 0 aliphatic carbocycles. The summed E-state index contributed by atoms with van der Waals surface area (Å²) in [6.07, 6.45) is 3.94. The number of carbonyl (C=O) groups is 1. The summed E-state index contributed by atoms with van der Waals surface area (Å²) in [5.74, 6) is 0.312. The summed E-state index contributed by atoms with van der Waals surface area (Å²) in [5.41, 5.74) is 0.767. The first-order valence-electron chi connectivity index (χ1n) is 10.4. The van der Waals surface area contributed by atoms with Gasteiger partial charge in [-0.05, 0) is 64.3 Å². The number of nitrogens with zero attached hydrogens (tertiary/aromatic N) is 2. The van der Waals surface area contributed by atoms with E-state index in [0.29, 0.717) is 22.4 Å². The molecule has 6 nitrogen and oxygen atoms in total. The number of aryl methyl sites for hydroxylation is 1. The average molecular weight is 419 g/mol. The molecule has 0 saturated carbocycles. The van der Waals surface area contributed by atoms with Crippen molar-refractivity contribution >= 4 is 28.5 Å². The standard InChI is InChI=1S/C22H27ClN2O4/c1-14-11-21(26)29-19-13-20(18(23)12-17(14)19)28-15(2)22(27)25-9-5-16(6-10-25)24-7-3-4-8-24/h11-13,15-16H,3-10H2,1-2H3. The molecule has 1 aromatic heterocycles. The van der Waals surface area contributed by atoms with Crippen LogP contribution in [0.1, 0.15) is 38.2 Å². The first-order chi connectivity index (χ1) is 13.9. The van der Waals surface area contributed by atoms with Gasteiger partial charge in [0.15, 0.2) is 6.10 Å². The molecule has 2 aliphatic rings. The molecule has 0 radical (unpaired) electrons. The van der Waals surface area contributed by atoms with Crippen molar-refractivity contribution in [3.05, 3.63) is 39.2 Å². The van der Waals surface area contributed by atoms with Crippen molar-refractivity contribution in [2.75, 3.05) is 26.2 Å². The van der Waals surface area contributed by atoms with Crippen LogP contribution in [0.2, 0.25) is 5.02 Å². The fourth-order valence-electron chi connectivity index (χ4n) is 4.47. The Balaban J connectivity index is 1.42. The highest BCUT2D eigenvalue weighted by Crippen LogP contribution is 2.32. The number of ether oxygens (including phenoxy) is 1. The monoisotopic (exact) mass is 418 g/mol. The quantitative estimate of drug-likeness (QED) is 0.710. The Hall–Kier alpha value is -2.05. The van der Waals surface area contributed by atoms with Gasteiger partial charge in [-0.2, -0.15) is 0 Å². The van der Waals surface area contributed by atoms with Crippen LogP contribution in [-0.2, 0) is 4.79 Å². The number of piperidine rings is 1. The first-order valence-corrected chi connectivity index (χ1v) is 10.7. The summed E-state index contributed by atoms with van der Waals surface area (Å²) in [7, 11) is 0. The largest absolute Gasteiger partial charge is 0.479 e. The molecule has 0 bridgehead atoms. The molecule has 29 heavy (non-hydrogen) atoms. The number of hydrogen-bond donors (Lipinski definition) is 0. The third-order valence-corrected chi connectivity index (χ3v) is 6.38. The number of carbonyl (C=O) groups excluding carboxylic acids is 1. The zero-order valence-corrected chi connectivity index (χ0v) is 17.7. The van der Waals surface area contributed by atoms with Gasteiger partial charge in [-0.15, -0.1) is 0 Å². The lowest BCUT2D eigenvalue weighted by Gasteiger charge is -2.37. The second kappa shape index (κ2) is 8.36. The van der Waals surface area contributed by atoms with E-state index in [2.05, 4.69) is 4.90 Å². The third kappa shape index (κ3) is 4.28. The second-order valence-corrected chi connectivity index (χ2v) is 8.49. The Bertz CT molecular complexity index is 959. The van der Waals surface area contributed by atoms with Crippen molar-refractivity contribution in [3.8, 4) is 5.75 Å². The van der Waals surface area contributed by atoms with E-state index >= 15 is 0 Å². The highest BCUT2D eigenvalue weighted by atomic mass is 35.5. The van der Waals surface area contributed by atoms with Crippen LogP contribution in [0, 0.1) is 6.92 Å². The van der Waals surface area contributed by atoms with Gasteiger partial charge in [0, 0.05) is 36.7 Å². The van der Waals surface area contributed by atoms with E-state index in [1.54, 1.807) is 19.1 Å². The molecule has 1 unspecified atom stereocenters. The van der Waals surface area contributed by atoms with Gasteiger partial charge in [0.05, 0.1) is 5.02 Å². The minimum Gasteiger partial charge on any atom is -0.479 e. The summed E-state index contributed by atoms with van der Waals surface area (Å²) in [6.45, 7) is 7.46. The summed E-state index contributed by atoms with van der Waals surface area (Å²) in [4.78, 5) is 29.0. The van der Waals surface area contributed by atoms with Crippen molar-refractivity contribution in [2.24, 2.45) is 0 Å². The maximum atomic E-state index is 12.9. The number of fused-ring (bicyclic) bond motifs is 1. The average Bonchev–Trinajstić information content (AvgIpc) is 3.23. The normalized spacial score (nSPS) is 19.6. The topological polar surface area (TPSA) is 63.0 Å². The Morgan fingerprint density at radius 3 is 2.55 bits per heavy atom. The van der Waals surface area contributed by atoms with Gasteiger partial charge in [-0.3, -0.25) is 4.79 Å². The van der Waals surface area contributed by atoms with E-state index in [4.69, 9.17) is 20.8 Å². The van der Waals surface area contributed by atoms with Crippen LogP contribution in [0.25, 0.3) is 11.0 Å². The molecular formula is C22H27ClN2O4. The van der Waals surface area contributed by atoms with E-state index in [1.165, 1.54) is 32.0 Å². The van der Waals surface area contributed by atoms with E-state index in [1.807, 2.05) is 11.8 Å². The second-order valence-electron chi connectivity index (χ2n) is 8.09. The summed E-state index contributed by atoms with van der Waals surface area (Å²) < 4.78 is 11.1. The van der Waals surface area contributed by atoms with Gasteiger partial charge < -0.3 is 19.0 Å². The molecule has 2 aliphatic heterocycles. The lowest BCUT2D eigenvalue weighted by molar-refractivity contribution is -0.139. The van der Waals surface area contributed by atoms with Crippen molar-refractivity contribution in [1.82, 2.24) is 9.80 Å². The molecule has 1 atom stereocenters. The molecule has 3 heterocycles. The first kappa shape index (κ1) is 20.2. The van der Waals surface area contributed by atoms with Crippen LogP contribution < -0.4 is 10.4 Å². The maximum Gasteiger partial charge on any atom is 0.336 e. The highest BCUT2D eigenvalue weighted by Gasteiger charge is 2.30. The summed E-state index contributed by atoms with van der Waals surface area (Å²) in [5, 5.41) is 1.15. The Morgan fingerprint density at radius 1 is 1.17 bits per heavy atom. The van der Waals surface area contributed by atoms with E-state index in [9.17, 15) is 9.59 Å². The van der Waals surface area contributed by atoms with Crippen molar-refractivity contribution in [2.45, 2.75) is 51.7 Å². The highest BCUT2D eigenvalue weighted by molar-refractivity contribution is 6.32. The number of benzene rings is 1. The molecule has 156 valence electrons. The van der Waals surface area contributed by atoms with Gasteiger partial charge in [-0.1, -0.05) is 11.6 Å². The summed E-state index contributed by atoms with van der Waals surface area (Å²) >= 11 is 6.37. The smallest absolute Gasteiger partial charge is 0.336 e. The predicted molar refractivity (Wildman–Crippen MR) is 113 cm³/mol. The van der Waals surface area contributed by atoms with E-state index < -0.39 is 11.7 Å². The number of amides is 1. The van der Waals surface area contributed by atoms with Crippen LogP contribution in [0.15, 0.2) is 27.4 Å². The van der Waals surface area contributed by atoms with Crippen LogP contribution in [0.5, 0.6) is 5.75 Å². The third-order valence-electron chi connectivity index (χ3n) is 6.09. The van der Waals surface area contributed by atoms with E-state index in [0.717, 1.165) is 36.9 Å². The van der Waals surface area contributed by atoms with Crippen molar-refractivity contribution < 1.29 is 13.9 Å². The van der Waals surface area contributed by atoms with E-state index in [-0.39, 0.29) is 5.91 Å². The Labute approximate surface area is 175 Å². The molecule has 2 aromatic rings. The zero-order valence-electron chi connectivity index (χ0n) is 16.9. The number of hydrogen-bond acceptors (Lipinski definition) is 5. The minimum atomic E-state index is -0.662. The number of likely N-dealkylation sites (tertiary alicyclic amines) is 2. The Morgan fingerprint density at radius 2 is 1.86 bits per heavy atom. The molecule has 4 rings (SSSR count). The van der Waals surface area contributed by atoms with Crippen LogP contribution in [0.4, 0.5) is 0 Å². The maximum absolute atomic E-state index is 12.9. The molecule has 1 amide bonds. The van der Waals surface area contributed by atoms with Crippen LogP contribution in [-0.4, -0.2) is 54.0 Å². The van der Waals surface area contributed by atoms with Gasteiger partial charge in [0.1, 0.15) is 11.3 Å². The van der Waals surface area contributed by atoms with Crippen molar-refractivity contribution in [3.63, 3.8) is 0 Å². The molecular weight excluding hydrogens is 392 g/mol. The van der Waals surface area contributed by atoms with Gasteiger partial charge in [0.25, 0.3) is 5.91 Å². The molecule has 0 N–H and O–H groups in total. The lowest BCUT2D eigenvalue weighted by Crippen LogP contribution is -2.49. The minimum absolute atomic E-state index is 0.0354. The zero-order chi connectivity index (χ0) is 20.5. The number of halogens is 1. The molecule has 7 heteroatoms. The van der Waals surface area contributed by atoms with Crippen LogP contribution in [0.3, 0.4) is 0 Å². The van der Waals surface area contributed by atoms with Gasteiger partial charge >= 0.3 is 5.63 Å².